The molecular formula is C17H13NS. The maximum atomic E-state index is 2.32. The van der Waals surface area contributed by atoms with Crippen LogP contribution >= 0.6 is 11.3 Å². The minimum Gasteiger partial charge on any atom is -0.343 e. The molecule has 0 fully saturated rings. The zero-order valence-corrected chi connectivity index (χ0v) is 11.2. The molecule has 0 bridgehead atoms. The summed E-state index contributed by atoms with van der Waals surface area (Å²) in [5.74, 6) is 0. The molecule has 0 aliphatic carbocycles. The maximum absolute atomic E-state index is 2.32. The van der Waals surface area contributed by atoms with Crippen LogP contribution in [0, 0.1) is 0 Å². The van der Waals surface area contributed by atoms with E-state index in [0.29, 0.717) is 0 Å². The Bertz CT molecular complexity index is 782. The van der Waals surface area contributed by atoms with Crippen LogP contribution in [0.5, 0.6) is 0 Å². The van der Waals surface area contributed by atoms with Crippen LogP contribution in [-0.4, -0.2) is 4.57 Å². The first-order valence-electron chi connectivity index (χ1n) is 6.41. The molecule has 0 N–H and O–H groups in total. The first-order valence-corrected chi connectivity index (χ1v) is 7.29. The van der Waals surface area contributed by atoms with Gasteiger partial charge in [0.1, 0.15) is 0 Å². The van der Waals surface area contributed by atoms with E-state index in [1.807, 2.05) is 11.3 Å². The highest BCUT2D eigenvalue weighted by molar-refractivity contribution is 7.17. The lowest BCUT2D eigenvalue weighted by Gasteiger charge is -2.04. The molecule has 0 unspecified atom stereocenters. The number of benzene rings is 2. The third-order valence-electron chi connectivity index (χ3n) is 3.58. The lowest BCUT2D eigenvalue weighted by Crippen LogP contribution is -1.96. The van der Waals surface area contributed by atoms with Gasteiger partial charge < -0.3 is 4.57 Å². The summed E-state index contributed by atoms with van der Waals surface area (Å²) in [4.78, 5) is 0. The molecular weight excluding hydrogens is 250 g/mol. The zero-order chi connectivity index (χ0) is 12.7. The molecule has 2 aromatic heterocycles. The molecule has 0 atom stereocenters. The summed E-state index contributed by atoms with van der Waals surface area (Å²) in [6, 6.07) is 19.4. The van der Waals surface area contributed by atoms with Gasteiger partial charge in [-0.15, -0.1) is 11.3 Å². The lowest BCUT2D eigenvalue weighted by atomic mass is 10.2. The van der Waals surface area contributed by atoms with Crippen molar-refractivity contribution in [1.29, 1.82) is 0 Å². The lowest BCUT2D eigenvalue weighted by molar-refractivity contribution is 0.846. The van der Waals surface area contributed by atoms with Crippen LogP contribution in [0.2, 0.25) is 0 Å². The first-order chi connectivity index (χ1) is 9.42. The molecule has 4 rings (SSSR count). The Hall–Kier alpha value is -2.06. The van der Waals surface area contributed by atoms with Crippen molar-refractivity contribution in [2.45, 2.75) is 6.54 Å². The van der Waals surface area contributed by atoms with E-state index in [9.17, 15) is 0 Å². The van der Waals surface area contributed by atoms with Crippen LogP contribution in [0.3, 0.4) is 0 Å². The second kappa shape index (κ2) is 4.25. The highest BCUT2D eigenvalue weighted by Crippen LogP contribution is 2.27. The molecule has 1 nitrogen and oxygen atoms in total. The number of nitrogens with zero attached hydrogens (tertiary/aromatic N) is 1. The van der Waals surface area contributed by atoms with Crippen LogP contribution in [-0.2, 0) is 6.54 Å². The van der Waals surface area contributed by atoms with E-state index in [1.54, 1.807) is 0 Å². The SMILES string of the molecule is c1ccc2c(c1)ccn2Cc1csc2ccccc12. The molecule has 2 heterocycles. The Labute approximate surface area is 115 Å². The number of para-hydroxylation sites is 1. The summed E-state index contributed by atoms with van der Waals surface area (Å²) in [5, 5.41) is 4.96. The fourth-order valence-electron chi connectivity index (χ4n) is 2.62. The largest absolute Gasteiger partial charge is 0.343 e. The molecule has 0 aliphatic heterocycles. The van der Waals surface area contributed by atoms with E-state index in [0.717, 1.165) is 6.54 Å². The molecule has 0 saturated carbocycles. The van der Waals surface area contributed by atoms with Crippen molar-refractivity contribution >= 4 is 32.3 Å². The third-order valence-corrected chi connectivity index (χ3v) is 4.59. The Morgan fingerprint density at radius 1 is 0.895 bits per heavy atom. The van der Waals surface area contributed by atoms with Gasteiger partial charge in [-0.1, -0.05) is 36.4 Å². The fourth-order valence-corrected chi connectivity index (χ4v) is 3.57. The second-order valence-electron chi connectivity index (χ2n) is 4.76. The van der Waals surface area contributed by atoms with Crippen molar-refractivity contribution in [3.63, 3.8) is 0 Å². The Morgan fingerprint density at radius 2 is 1.74 bits per heavy atom. The number of rotatable bonds is 2. The molecule has 0 amide bonds. The van der Waals surface area contributed by atoms with Crippen molar-refractivity contribution in [1.82, 2.24) is 4.57 Å². The van der Waals surface area contributed by atoms with Gasteiger partial charge in [0, 0.05) is 23.0 Å². The molecule has 2 heteroatoms. The van der Waals surface area contributed by atoms with E-state index >= 15 is 0 Å². The highest BCUT2D eigenvalue weighted by Gasteiger charge is 2.05. The van der Waals surface area contributed by atoms with E-state index in [1.165, 1.54) is 26.6 Å². The average Bonchev–Trinajstić information content (AvgIpc) is 3.05. The van der Waals surface area contributed by atoms with E-state index in [-0.39, 0.29) is 0 Å². The Balaban J connectivity index is 1.82. The van der Waals surface area contributed by atoms with Crippen molar-refractivity contribution in [2.75, 3.05) is 0 Å². The summed E-state index contributed by atoms with van der Waals surface area (Å²) >= 11 is 1.83. The van der Waals surface area contributed by atoms with Gasteiger partial charge in [0.05, 0.1) is 0 Å². The molecule has 19 heavy (non-hydrogen) atoms. The quantitative estimate of drug-likeness (QED) is 0.484. The maximum Gasteiger partial charge on any atom is 0.0490 e. The zero-order valence-electron chi connectivity index (χ0n) is 10.4. The van der Waals surface area contributed by atoms with E-state index < -0.39 is 0 Å². The van der Waals surface area contributed by atoms with Crippen molar-refractivity contribution < 1.29 is 0 Å². The molecule has 0 spiro atoms. The van der Waals surface area contributed by atoms with Gasteiger partial charge in [-0.05, 0) is 39.9 Å². The highest BCUT2D eigenvalue weighted by atomic mass is 32.1. The first kappa shape index (κ1) is 10.8. The van der Waals surface area contributed by atoms with Gasteiger partial charge in [-0.25, -0.2) is 0 Å². The second-order valence-corrected chi connectivity index (χ2v) is 5.67. The van der Waals surface area contributed by atoms with E-state index in [2.05, 4.69) is 70.7 Å². The van der Waals surface area contributed by atoms with Crippen molar-refractivity contribution in [3.05, 3.63) is 71.7 Å². The normalized spacial score (nSPS) is 11.4. The summed E-state index contributed by atoms with van der Waals surface area (Å²) < 4.78 is 3.69. The predicted octanol–water partition coefficient (Wildman–Crippen LogP) is 4.90. The molecule has 4 aromatic rings. The molecule has 2 aromatic carbocycles. The number of hydrogen-bond acceptors (Lipinski definition) is 1. The minimum absolute atomic E-state index is 0.942. The third kappa shape index (κ3) is 1.76. The number of fused-ring (bicyclic) bond motifs is 2. The van der Waals surface area contributed by atoms with Gasteiger partial charge in [0.2, 0.25) is 0 Å². The standard InChI is InChI=1S/C17H13NS/c1-3-7-16-13(5-1)9-10-18(16)11-14-12-19-17-8-4-2-6-15(14)17/h1-10,12H,11H2. The van der Waals surface area contributed by atoms with Crippen LogP contribution in [0.4, 0.5) is 0 Å². The number of hydrogen-bond donors (Lipinski definition) is 0. The van der Waals surface area contributed by atoms with Crippen molar-refractivity contribution in [3.8, 4) is 0 Å². The Morgan fingerprint density at radius 3 is 2.74 bits per heavy atom. The van der Waals surface area contributed by atoms with Crippen molar-refractivity contribution in [2.24, 2.45) is 0 Å². The molecule has 0 aliphatic rings. The smallest absolute Gasteiger partial charge is 0.0490 e. The summed E-state index contributed by atoms with van der Waals surface area (Å²) in [6.45, 7) is 0.942. The molecule has 92 valence electrons. The van der Waals surface area contributed by atoms with Gasteiger partial charge >= 0.3 is 0 Å². The molecule has 0 saturated heterocycles. The van der Waals surface area contributed by atoms with Gasteiger partial charge in [0.15, 0.2) is 0 Å². The van der Waals surface area contributed by atoms with Gasteiger partial charge in [0.25, 0.3) is 0 Å². The monoisotopic (exact) mass is 263 g/mol. The van der Waals surface area contributed by atoms with Gasteiger partial charge in [-0.3, -0.25) is 0 Å². The summed E-state index contributed by atoms with van der Waals surface area (Å²) in [7, 11) is 0. The van der Waals surface area contributed by atoms with Crippen LogP contribution in [0.25, 0.3) is 21.0 Å². The predicted molar refractivity (Wildman–Crippen MR) is 82.9 cm³/mol. The fraction of sp³-hybridized carbons (Fsp3) is 0.0588. The topological polar surface area (TPSA) is 4.93 Å². The number of thiophene rings is 1. The summed E-state index contributed by atoms with van der Waals surface area (Å²) in [5.41, 5.74) is 2.71. The Kier molecular flexibility index (Phi) is 2.42. The number of aromatic nitrogens is 1. The minimum atomic E-state index is 0.942. The van der Waals surface area contributed by atoms with Crippen LogP contribution < -0.4 is 0 Å². The summed E-state index contributed by atoms with van der Waals surface area (Å²) in [6.07, 6.45) is 2.18. The average molecular weight is 263 g/mol. The van der Waals surface area contributed by atoms with E-state index in [4.69, 9.17) is 0 Å². The molecule has 0 radical (unpaired) electrons. The van der Waals surface area contributed by atoms with Crippen LogP contribution in [0.1, 0.15) is 5.56 Å². The van der Waals surface area contributed by atoms with Gasteiger partial charge in [-0.2, -0.15) is 0 Å². The van der Waals surface area contributed by atoms with Crippen LogP contribution in [0.15, 0.2) is 66.2 Å².